The lowest BCUT2D eigenvalue weighted by Crippen LogP contribution is -2.39. The highest BCUT2D eigenvalue weighted by Crippen LogP contribution is 2.75. The molecule has 1 aromatic heterocycles. The predicted molar refractivity (Wildman–Crippen MR) is 135 cm³/mol. The number of benzene rings is 4. The summed E-state index contributed by atoms with van der Waals surface area (Å²) in [5.41, 5.74) is 6.73. The van der Waals surface area contributed by atoms with E-state index in [1.54, 1.807) is 21.4 Å². The molecule has 5 atom stereocenters. The lowest BCUT2D eigenvalue weighted by atomic mass is 9.60. The molecular weight excluding hydrogens is 404 g/mol. The minimum atomic E-state index is 0.226. The summed E-state index contributed by atoms with van der Waals surface area (Å²) in [5, 5.41) is 5.87. The van der Waals surface area contributed by atoms with Gasteiger partial charge in [-0.25, -0.2) is 0 Å². The van der Waals surface area contributed by atoms with E-state index in [9.17, 15) is 0 Å². The maximum absolute atomic E-state index is 2.48. The van der Waals surface area contributed by atoms with Gasteiger partial charge in [-0.3, -0.25) is 0 Å². The first kappa shape index (κ1) is 16.9. The van der Waals surface area contributed by atoms with E-state index in [-0.39, 0.29) is 5.41 Å². The molecule has 32 heavy (non-hydrogen) atoms. The molecule has 2 bridgehead atoms. The molecule has 154 valence electrons. The maximum atomic E-state index is 2.48. The second-order valence-corrected chi connectivity index (χ2v) is 11.9. The fourth-order valence-electron chi connectivity index (χ4n) is 9.10. The molecule has 3 saturated carbocycles. The summed E-state index contributed by atoms with van der Waals surface area (Å²) in [7, 11) is 0. The minimum Gasteiger partial charge on any atom is -0.135 e. The summed E-state index contributed by atoms with van der Waals surface area (Å²) < 4.78 is 3.03. The van der Waals surface area contributed by atoms with Crippen molar-refractivity contribution in [3.63, 3.8) is 0 Å². The molecule has 4 aromatic carbocycles. The summed E-state index contributed by atoms with van der Waals surface area (Å²) in [5.74, 6) is 3.58. The molecule has 4 aliphatic rings. The average Bonchev–Trinajstić information content (AvgIpc) is 3.59. The van der Waals surface area contributed by atoms with E-state index in [1.165, 1.54) is 57.5 Å². The number of hydrogen-bond donors (Lipinski definition) is 0. The molecule has 0 nitrogen and oxygen atoms in total. The summed E-state index contributed by atoms with van der Waals surface area (Å²) in [6.07, 6.45) is 5.80. The van der Waals surface area contributed by atoms with Crippen molar-refractivity contribution in [3.8, 4) is 11.1 Å². The van der Waals surface area contributed by atoms with Gasteiger partial charge in [0.15, 0.2) is 0 Å². The van der Waals surface area contributed by atoms with Gasteiger partial charge in [0, 0.05) is 25.6 Å². The van der Waals surface area contributed by atoms with Crippen LogP contribution in [0.5, 0.6) is 0 Å². The maximum Gasteiger partial charge on any atom is 0.0402 e. The third-order valence-electron chi connectivity index (χ3n) is 9.94. The molecule has 1 heteroatoms. The molecule has 0 N–H and O–H groups in total. The Kier molecular flexibility index (Phi) is 2.89. The number of fused-ring (bicyclic) bond motifs is 14. The van der Waals surface area contributed by atoms with Crippen molar-refractivity contribution in [3.05, 3.63) is 83.9 Å². The smallest absolute Gasteiger partial charge is 0.0402 e. The molecule has 0 amide bonds. The Morgan fingerprint density at radius 3 is 2.47 bits per heavy atom. The highest BCUT2D eigenvalue weighted by atomic mass is 32.1. The topological polar surface area (TPSA) is 0 Å². The predicted octanol–water partition coefficient (Wildman–Crippen LogP) is 8.54. The molecule has 0 saturated heterocycles. The fourth-order valence-corrected chi connectivity index (χ4v) is 10.4. The molecule has 3 fully saturated rings. The van der Waals surface area contributed by atoms with Crippen molar-refractivity contribution in [2.75, 3.05) is 0 Å². The van der Waals surface area contributed by atoms with E-state index in [0.29, 0.717) is 0 Å². The van der Waals surface area contributed by atoms with Crippen molar-refractivity contribution in [1.82, 2.24) is 0 Å². The van der Waals surface area contributed by atoms with Crippen LogP contribution in [-0.4, -0.2) is 0 Å². The van der Waals surface area contributed by atoms with Crippen LogP contribution < -0.4 is 0 Å². The van der Waals surface area contributed by atoms with Crippen LogP contribution >= 0.6 is 11.3 Å². The largest absolute Gasteiger partial charge is 0.135 e. The zero-order valence-corrected chi connectivity index (χ0v) is 18.8. The van der Waals surface area contributed by atoms with Crippen LogP contribution in [0.4, 0.5) is 0 Å². The Morgan fingerprint density at radius 1 is 0.688 bits per heavy atom. The molecule has 0 aliphatic heterocycles. The first-order valence-corrected chi connectivity index (χ1v) is 13.1. The van der Waals surface area contributed by atoms with Crippen molar-refractivity contribution < 1.29 is 0 Å². The van der Waals surface area contributed by atoms with Gasteiger partial charge in [0.25, 0.3) is 0 Å². The van der Waals surface area contributed by atoms with E-state index in [0.717, 1.165) is 23.7 Å². The number of rotatable bonds is 0. The van der Waals surface area contributed by atoms with Crippen LogP contribution in [-0.2, 0) is 5.41 Å². The van der Waals surface area contributed by atoms with Crippen LogP contribution in [0.2, 0.25) is 0 Å². The van der Waals surface area contributed by atoms with Crippen LogP contribution in [0, 0.1) is 23.7 Å². The second kappa shape index (κ2) is 5.46. The molecule has 4 unspecified atom stereocenters. The molecule has 9 rings (SSSR count). The number of hydrogen-bond acceptors (Lipinski definition) is 1. The summed E-state index contributed by atoms with van der Waals surface area (Å²) >= 11 is 2.06. The summed E-state index contributed by atoms with van der Waals surface area (Å²) in [6, 6.07) is 28.0. The second-order valence-electron chi connectivity index (χ2n) is 10.8. The van der Waals surface area contributed by atoms with Crippen LogP contribution in [0.1, 0.15) is 36.8 Å². The van der Waals surface area contributed by atoms with Crippen LogP contribution in [0.3, 0.4) is 0 Å². The van der Waals surface area contributed by atoms with Crippen molar-refractivity contribution in [1.29, 1.82) is 0 Å². The quantitative estimate of drug-likeness (QED) is 0.232. The first-order valence-electron chi connectivity index (χ1n) is 12.3. The van der Waals surface area contributed by atoms with E-state index < -0.39 is 0 Å². The lowest BCUT2D eigenvalue weighted by molar-refractivity contribution is 0.225. The Morgan fingerprint density at radius 2 is 1.50 bits per heavy atom. The monoisotopic (exact) mass is 428 g/mol. The van der Waals surface area contributed by atoms with Crippen molar-refractivity contribution in [2.45, 2.75) is 31.1 Å². The van der Waals surface area contributed by atoms with Crippen molar-refractivity contribution >= 4 is 42.3 Å². The van der Waals surface area contributed by atoms with Gasteiger partial charge in [-0.15, -0.1) is 11.3 Å². The Hall–Kier alpha value is -2.64. The highest BCUT2D eigenvalue weighted by Gasteiger charge is 2.68. The van der Waals surface area contributed by atoms with E-state index >= 15 is 0 Å². The normalized spacial score (nSPS) is 31.4. The van der Waals surface area contributed by atoms with E-state index in [1.807, 2.05) is 0 Å². The fraction of sp³-hybridized carbons (Fsp3) is 0.290. The average molecular weight is 429 g/mol. The molecular formula is C31H24S. The summed E-state index contributed by atoms with van der Waals surface area (Å²) in [6.45, 7) is 0. The molecule has 4 aliphatic carbocycles. The third kappa shape index (κ3) is 1.68. The minimum absolute atomic E-state index is 0.226. The zero-order chi connectivity index (χ0) is 20.6. The third-order valence-corrected chi connectivity index (χ3v) is 11.1. The number of thiophene rings is 1. The van der Waals surface area contributed by atoms with Crippen LogP contribution in [0.25, 0.3) is 42.1 Å². The van der Waals surface area contributed by atoms with Gasteiger partial charge in [0.05, 0.1) is 0 Å². The van der Waals surface area contributed by atoms with Gasteiger partial charge in [0.2, 0.25) is 0 Å². The summed E-state index contributed by atoms with van der Waals surface area (Å²) in [4.78, 5) is 0. The zero-order valence-electron chi connectivity index (χ0n) is 18.0. The standard InChI is InChI=1S/C31H24S/c1-2-6-20-17(5-1)9-11-22-23-12-13-24-21-7-3-4-8-27(21)32-30(24)29(23)31(28(20)22)19-15-18-10-14-26(31)25(18)16-19/h1-9,11-13,18-19,25-26H,10,14-16H2/t18?,19-,25?,26?,31?/m1/s1. The lowest BCUT2D eigenvalue weighted by Gasteiger charge is -2.42. The Bertz CT molecular complexity index is 1620. The van der Waals surface area contributed by atoms with E-state index in [4.69, 9.17) is 0 Å². The first-order chi connectivity index (χ1) is 15.9. The Labute approximate surface area is 191 Å². The van der Waals surface area contributed by atoms with Gasteiger partial charge in [0.1, 0.15) is 0 Å². The van der Waals surface area contributed by atoms with Gasteiger partial charge >= 0.3 is 0 Å². The molecule has 1 heterocycles. The van der Waals surface area contributed by atoms with Gasteiger partial charge in [-0.05, 0) is 88.4 Å². The van der Waals surface area contributed by atoms with Crippen LogP contribution in [0.15, 0.2) is 72.8 Å². The highest BCUT2D eigenvalue weighted by molar-refractivity contribution is 7.26. The van der Waals surface area contributed by atoms with Crippen molar-refractivity contribution in [2.24, 2.45) is 23.7 Å². The molecule has 1 spiro atoms. The SMILES string of the molecule is c1ccc2c3c(ccc2c1)-c1ccc2c(sc4ccccc42)c1C31C2CCC3C[C@@H]1CC32. The van der Waals surface area contributed by atoms with Gasteiger partial charge in [-0.2, -0.15) is 0 Å². The molecule has 5 aromatic rings. The van der Waals surface area contributed by atoms with E-state index in [2.05, 4.69) is 84.1 Å². The van der Waals surface area contributed by atoms with Gasteiger partial charge in [-0.1, -0.05) is 66.7 Å². The van der Waals surface area contributed by atoms with Gasteiger partial charge < -0.3 is 0 Å². The molecule has 0 radical (unpaired) electrons. The Balaban J connectivity index is 1.51.